The minimum atomic E-state index is -3.76. The first-order chi connectivity index (χ1) is 10.9. The molecular formula is C15H20Cl2N2O3S. The Hall–Kier alpha value is -0.820. The molecule has 1 aromatic rings. The molecule has 0 unspecified atom stereocenters. The topological polar surface area (TPSA) is 66.5 Å². The summed E-state index contributed by atoms with van der Waals surface area (Å²) in [7, 11) is -3.76. The van der Waals surface area contributed by atoms with Crippen molar-refractivity contribution in [1.29, 1.82) is 0 Å². The first-order valence-corrected chi connectivity index (χ1v) is 9.87. The van der Waals surface area contributed by atoms with Gasteiger partial charge in [0.05, 0.1) is 10.0 Å². The SMILES string of the molecule is O=C1CCCCCN1CCCNS(=O)(=O)c1c(Cl)cccc1Cl. The van der Waals surface area contributed by atoms with Crippen molar-refractivity contribution in [3.8, 4) is 0 Å². The number of amides is 1. The highest BCUT2D eigenvalue weighted by Crippen LogP contribution is 2.28. The molecule has 0 atom stereocenters. The normalized spacial score (nSPS) is 16.4. The van der Waals surface area contributed by atoms with Crippen LogP contribution in [0.5, 0.6) is 0 Å². The van der Waals surface area contributed by atoms with E-state index in [1.54, 1.807) is 6.07 Å². The molecule has 1 fully saturated rings. The number of hydrogen-bond acceptors (Lipinski definition) is 3. The summed E-state index contributed by atoms with van der Waals surface area (Å²) in [5, 5.41) is 0.181. The summed E-state index contributed by atoms with van der Waals surface area (Å²) in [5.74, 6) is 0.152. The van der Waals surface area contributed by atoms with Crippen molar-refractivity contribution < 1.29 is 13.2 Å². The van der Waals surface area contributed by atoms with Gasteiger partial charge in [0.2, 0.25) is 15.9 Å². The molecule has 0 aromatic heterocycles. The molecule has 1 aliphatic rings. The molecule has 0 spiro atoms. The summed E-state index contributed by atoms with van der Waals surface area (Å²) in [6.07, 6.45) is 4.15. The first kappa shape index (κ1) is 18.5. The van der Waals surface area contributed by atoms with E-state index in [1.807, 2.05) is 4.90 Å². The smallest absolute Gasteiger partial charge is 0.243 e. The van der Waals surface area contributed by atoms with E-state index in [0.717, 1.165) is 25.8 Å². The average molecular weight is 379 g/mol. The van der Waals surface area contributed by atoms with Crippen molar-refractivity contribution in [3.05, 3.63) is 28.2 Å². The minimum absolute atomic E-state index is 0.0905. The van der Waals surface area contributed by atoms with Gasteiger partial charge in [-0.3, -0.25) is 4.79 Å². The van der Waals surface area contributed by atoms with Gasteiger partial charge in [0.15, 0.2) is 0 Å². The second-order valence-corrected chi connectivity index (χ2v) is 8.01. The molecule has 1 aliphatic heterocycles. The van der Waals surface area contributed by atoms with Gasteiger partial charge in [0.1, 0.15) is 4.90 Å². The van der Waals surface area contributed by atoms with Crippen LogP contribution in [0, 0.1) is 0 Å². The van der Waals surface area contributed by atoms with Crippen LogP contribution in [0.25, 0.3) is 0 Å². The summed E-state index contributed by atoms with van der Waals surface area (Å²) in [5.41, 5.74) is 0. The minimum Gasteiger partial charge on any atom is -0.343 e. The van der Waals surface area contributed by atoms with Gasteiger partial charge < -0.3 is 4.90 Å². The largest absolute Gasteiger partial charge is 0.343 e. The molecule has 5 nitrogen and oxygen atoms in total. The van der Waals surface area contributed by atoms with Gasteiger partial charge in [-0.15, -0.1) is 0 Å². The first-order valence-electron chi connectivity index (χ1n) is 7.63. The number of carbonyl (C=O) groups excluding carboxylic acids is 1. The Morgan fingerprint density at radius 2 is 1.83 bits per heavy atom. The Morgan fingerprint density at radius 3 is 2.52 bits per heavy atom. The van der Waals surface area contributed by atoms with Gasteiger partial charge in [0, 0.05) is 26.1 Å². The lowest BCUT2D eigenvalue weighted by Gasteiger charge is -2.20. The Labute approximate surface area is 147 Å². The number of benzene rings is 1. The van der Waals surface area contributed by atoms with Gasteiger partial charge >= 0.3 is 0 Å². The summed E-state index contributed by atoms with van der Waals surface area (Å²) in [6.45, 7) is 1.53. The van der Waals surface area contributed by atoms with Crippen LogP contribution in [-0.2, 0) is 14.8 Å². The van der Waals surface area contributed by atoms with Gasteiger partial charge in [-0.05, 0) is 31.4 Å². The second kappa shape index (κ2) is 8.33. The van der Waals surface area contributed by atoms with Crippen LogP contribution in [0.2, 0.25) is 10.0 Å². The van der Waals surface area contributed by atoms with Crippen LogP contribution in [0.1, 0.15) is 32.1 Å². The number of halogens is 2. The maximum atomic E-state index is 12.3. The van der Waals surface area contributed by atoms with Gasteiger partial charge in [-0.1, -0.05) is 35.7 Å². The summed E-state index contributed by atoms with van der Waals surface area (Å²) < 4.78 is 27.1. The molecule has 0 saturated carbocycles. The number of carbonyl (C=O) groups is 1. The second-order valence-electron chi connectivity index (χ2n) is 5.49. The van der Waals surface area contributed by atoms with E-state index in [9.17, 15) is 13.2 Å². The lowest BCUT2D eigenvalue weighted by atomic mass is 10.2. The van der Waals surface area contributed by atoms with E-state index in [2.05, 4.69) is 4.72 Å². The number of nitrogens with one attached hydrogen (secondary N) is 1. The zero-order valence-electron chi connectivity index (χ0n) is 12.7. The van der Waals surface area contributed by atoms with Crippen molar-refractivity contribution in [1.82, 2.24) is 9.62 Å². The van der Waals surface area contributed by atoms with Crippen LogP contribution >= 0.6 is 23.2 Å². The fourth-order valence-corrected chi connectivity index (χ4v) is 4.78. The maximum Gasteiger partial charge on any atom is 0.243 e. The molecule has 1 heterocycles. The zero-order chi connectivity index (χ0) is 16.9. The van der Waals surface area contributed by atoms with Crippen LogP contribution in [-0.4, -0.2) is 38.9 Å². The van der Waals surface area contributed by atoms with Crippen molar-refractivity contribution >= 4 is 39.1 Å². The van der Waals surface area contributed by atoms with Crippen LogP contribution in [0.3, 0.4) is 0 Å². The fraction of sp³-hybridized carbons (Fsp3) is 0.533. The molecule has 128 valence electrons. The van der Waals surface area contributed by atoms with Crippen LogP contribution < -0.4 is 4.72 Å². The molecular weight excluding hydrogens is 359 g/mol. The monoisotopic (exact) mass is 378 g/mol. The predicted molar refractivity (Wildman–Crippen MR) is 91.3 cm³/mol. The van der Waals surface area contributed by atoms with E-state index < -0.39 is 10.0 Å². The van der Waals surface area contributed by atoms with E-state index in [1.165, 1.54) is 12.1 Å². The molecule has 1 saturated heterocycles. The average Bonchev–Trinajstić information content (AvgIpc) is 2.68. The quantitative estimate of drug-likeness (QED) is 0.773. The molecule has 23 heavy (non-hydrogen) atoms. The third-order valence-corrected chi connectivity index (χ3v) is 6.17. The molecule has 0 bridgehead atoms. The van der Waals surface area contributed by atoms with Gasteiger partial charge in [-0.25, -0.2) is 13.1 Å². The van der Waals surface area contributed by atoms with Crippen LogP contribution in [0.4, 0.5) is 0 Å². The number of hydrogen-bond donors (Lipinski definition) is 1. The summed E-state index contributed by atoms with van der Waals surface area (Å²) in [6, 6.07) is 4.56. The third kappa shape index (κ3) is 5.08. The molecule has 0 aliphatic carbocycles. The lowest BCUT2D eigenvalue weighted by Crippen LogP contribution is -2.34. The fourth-order valence-electron chi connectivity index (χ4n) is 2.56. The predicted octanol–water partition coefficient (Wildman–Crippen LogP) is 3.06. The van der Waals surface area contributed by atoms with Crippen molar-refractivity contribution in [2.24, 2.45) is 0 Å². The highest BCUT2D eigenvalue weighted by atomic mass is 35.5. The van der Waals surface area contributed by atoms with E-state index in [-0.39, 0.29) is 27.4 Å². The van der Waals surface area contributed by atoms with Crippen molar-refractivity contribution in [2.45, 2.75) is 37.0 Å². The van der Waals surface area contributed by atoms with Crippen molar-refractivity contribution in [3.63, 3.8) is 0 Å². The van der Waals surface area contributed by atoms with Gasteiger partial charge in [0.25, 0.3) is 0 Å². The van der Waals surface area contributed by atoms with E-state index in [4.69, 9.17) is 23.2 Å². The Bertz CT molecular complexity index is 644. The summed E-state index contributed by atoms with van der Waals surface area (Å²) in [4.78, 5) is 13.6. The van der Waals surface area contributed by atoms with Crippen molar-refractivity contribution in [2.75, 3.05) is 19.6 Å². The molecule has 1 amide bonds. The highest BCUT2D eigenvalue weighted by Gasteiger charge is 2.21. The van der Waals surface area contributed by atoms with Gasteiger partial charge in [-0.2, -0.15) is 0 Å². The molecule has 8 heteroatoms. The number of likely N-dealkylation sites (tertiary alicyclic amines) is 1. The lowest BCUT2D eigenvalue weighted by molar-refractivity contribution is -0.130. The standard InChI is InChI=1S/C15H20Cl2N2O3S/c16-12-6-4-7-13(17)15(12)23(21,22)18-9-5-11-19-10-3-1-2-8-14(19)20/h4,6-7,18H,1-3,5,8-11H2. The Kier molecular flexibility index (Phi) is 6.71. The number of sulfonamides is 1. The Balaban J connectivity index is 1.89. The molecule has 1 aromatic carbocycles. The molecule has 2 rings (SSSR count). The summed E-state index contributed by atoms with van der Waals surface area (Å²) >= 11 is 11.9. The Morgan fingerprint density at radius 1 is 1.13 bits per heavy atom. The van der Waals surface area contributed by atoms with Crippen LogP contribution in [0.15, 0.2) is 23.1 Å². The molecule has 1 N–H and O–H groups in total. The number of rotatable bonds is 6. The van der Waals surface area contributed by atoms with E-state index >= 15 is 0 Å². The molecule has 0 radical (unpaired) electrons. The maximum absolute atomic E-state index is 12.3. The highest BCUT2D eigenvalue weighted by molar-refractivity contribution is 7.89. The zero-order valence-corrected chi connectivity index (χ0v) is 15.1. The number of nitrogens with zero attached hydrogens (tertiary/aromatic N) is 1. The third-order valence-electron chi connectivity index (χ3n) is 3.76. The van der Waals surface area contributed by atoms with E-state index in [0.29, 0.717) is 19.4 Å².